The number of rotatable bonds is 4. The van der Waals surface area contributed by atoms with Crippen LogP contribution in [0.25, 0.3) is 11.4 Å². The van der Waals surface area contributed by atoms with E-state index >= 15 is 0 Å². The zero-order valence-corrected chi connectivity index (χ0v) is 10.3. The zero-order valence-electron chi connectivity index (χ0n) is 9.43. The largest absolute Gasteiger partial charge is 0.339 e. The van der Waals surface area contributed by atoms with Gasteiger partial charge in [-0.1, -0.05) is 12.1 Å². The van der Waals surface area contributed by atoms with Gasteiger partial charge in [-0.3, -0.25) is 0 Å². The van der Waals surface area contributed by atoms with Crippen LogP contribution in [0.15, 0.2) is 15.3 Å². The Balaban J connectivity index is 2.23. The molecule has 0 aliphatic heterocycles. The summed E-state index contributed by atoms with van der Waals surface area (Å²) in [4.78, 5) is 4.41. The molecule has 0 bridgehead atoms. The van der Waals surface area contributed by atoms with Crippen molar-refractivity contribution in [3.8, 4) is 11.4 Å². The molecule has 2 N–H and O–H groups in total. The third-order valence-corrected chi connectivity index (χ3v) is 3.42. The highest BCUT2D eigenvalue weighted by Gasteiger charge is 2.15. The SMILES string of the molecule is Cc1cscc1-c1noc(C(C)CCN)n1. The molecule has 0 saturated heterocycles. The highest BCUT2D eigenvalue weighted by atomic mass is 32.1. The molecule has 2 aromatic rings. The van der Waals surface area contributed by atoms with E-state index in [1.165, 1.54) is 5.56 Å². The summed E-state index contributed by atoms with van der Waals surface area (Å²) < 4.78 is 5.25. The summed E-state index contributed by atoms with van der Waals surface area (Å²) in [6.07, 6.45) is 0.865. The van der Waals surface area contributed by atoms with Gasteiger partial charge in [-0.15, -0.1) is 0 Å². The van der Waals surface area contributed by atoms with Gasteiger partial charge in [0.05, 0.1) is 0 Å². The fraction of sp³-hybridized carbons (Fsp3) is 0.455. The van der Waals surface area contributed by atoms with Crippen molar-refractivity contribution in [3.63, 3.8) is 0 Å². The lowest BCUT2D eigenvalue weighted by Gasteiger charge is -2.01. The third kappa shape index (κ3) is 2.15. The van der Waals surface area contributed by atoms with Crippen LogP contribution in [0.4, 0.5) is 0 Å². The van der Waals surface area contributed by atoms with Crippen LogP contribution >= 0.6 is 11.3 Å². The molecular formula is C11H15N3OS. The van der Waals surface area contributed by atoms with Gasteiger partial charge < -0.3 is 10.3 Å². The first-order chi connectivity index (χ1) is 7.72. The number of aromatic nitrogens is 2. The van der Waals surface area contributed by atoms with Gasteiger partial charge in [0.25, 0.3) is 0 Å². The van der Waals surface area contributed by atoms with E-state index in [1.54, 1.807) is 11.3 Å². The van der Waals surface area contributed by atoms with Crippen molar-refractivity contribution in [2.45, 2.75) is 26.2 Å². The average molecular weight is 237 g/mol. The molecule has 16 heavy (non-hydrogen) atoms. The zero-order chi connectivity index (χ0) is 11.5. The van der Waals surface area contributed by atoms with E-state index < -0.39 is 0 Å². The maximum atomic E-state index is 5.50. The summed E-state index contributed by atoms with van der Waals surface area (Å²) in [5.74, 6) is 1.58. The van der Waals surface area contributed by atoms with E-state index in [9.17, 15) is 0 Å². The quantitative estimate of drug-likeness (QED) is 0.887. The van der Waals surface area contributed by atoms with E-state index in [-0.39, 0.29) is 5.92 Å². The number of thiophene rings is 1. The second-order valence-corrected chi connectivity index (χ2v) is 4.65. The normalized spacial score (nSPS) is 12.9. The Morgan fingerprint density at radius 3 is 2.94 bits per heavy atom. The molecule has 86 valence electrons. The first-order valence-electron chi connectivity index (χ1n) is 5.29. The molecule has 2 aromatic heterocycles. The molecule has 5 heteroatoms. The van der Waals surface area contributed by atoms with Crippen molar-refractivity contribution in [2.75, 3.05) is 6.54 Å². The summed E-state index contributed by atoms with van der Waals surface area (Å²) in [5, 5.41) is 8.12. The Kier molecular flexibility index (Phi) is 3.36. The molecule has 0 saturated carbocycles. The van der Waals surface area contributed by atoms with Crippen LogP contribution < -0.4 is 5.73 Å². The fourth-order valence-corrected chi connectivity index (χ4v) is 2.33. The van der Waals surface area contributed by atoms with E-state index in [2.05, 4.69) is 15.5 Å². The second-order valence-electron chi connectivity index (χ2n) is 3.90. The van der Waals surface area contributed by atoms with Gasteiger partial charge in [-0.05, 0) is 30.8 Å². The molecular weight excluding hydrogens is 222 g/mol. The van der Waals surface area contributed by atoms with E-state index in [0.717, 1.165) is 12.0 Å². The Labute approximate surface area is 98.5 Å². The van der Waals surface area contributed by atoms with Gasteiger partial charge in [0, 0.05) is 16.9 Å². The van der Waals surface area contributed by atoms with Crippen LogP contribution in [0.5, 0.6) is 0 Å². The average Bonchev–Trinajstić information content (AvgIpc) is 2.86. The number of hydrogen-bond acceptors (Lipinski definition) is 5. The molecule has 1 unspecified atom stereocenters. The molecule has 0 amide bonds. The van der Waals surface area contributed by atoms with Crippen LogP contribution in [-0.4, -0.2) is 16.7 Å². The van der Waals surface area contributed by atoms with Gasteiger partial charge in [0.2, 0.25) is 11.7 Å². The molecule has 2 rings (SSSR count). The van der Waals surface area contributed by atoms with Gasteiger partial charge >= 0.3 is 0 Å². The second kappa shape index (κ2) is 4.76. The topological polar surface area (TPSA) is 64.9 Å². The third-order valence-electron chi connectivity index (χ3n) is 2.56. The predicted molar refractivity (Wildman–Crippen MR) is 64.4 cm³/mol. The Morgan fingerprint density at radius 2 is 2.31 bits per heavy atom. The maximum absolute atomic E-state index is 5.50. The van der Waals surface area contributed by atoms with Crippen LogP contribution in [0.1, 0.15) is 30.7 Å². The van der Waals surface area contributed by atoms with E-state index in [0.29, 0.717) is 18.3 Å². The van der Waals surface area contributed by atoms with Crippen molar-refractivity contribution in [3.05, 3.63) is 22.2 Å². The van der Waals surface area contributed by atoms with Crippen molar-refractivity contribution in [1.29, 1.82) is 0 Å². The molecule has 2 heterocycles. The maximum Gasteiger partial charge on any atom is 0.229 e. The molecule has 0 fully saturated rings. The minimum atomic E-state index is 0.227. The monoisotopic (exact) mass is 237 g/mol. The fourth-order valence-electron chi connectivity index (χ4n) is 1.51. The minimum absolute atomic E-state index is 0.227. The molecule has 0 spiro atoms. The van der Waals surface area contributed by atoms with Gasteiger partial charge in [0.1, 0.15) is 0 Å². The predicted octanol–water partition coefficient (Wildman–Crippen LogP) is 2.56. The molecule has 1 atom stereocenters. The van der Waals surface area contributed by atoms with E-state index in [4.69, 9.17) is 10.3 Å². The Bertz CT molecular complexity index is 463. The van der Waals surface area contributed by atoms with Crippen molar-refractivity contribution in [2.24, 2.45) is 5.73 Å². The molecule has 0 radical (unpaired) electrons. The molecule has 0 aliphatic rings. The highest BCUT2D eigenvalue weighted by Crippen LogP contribution is 2.26. The molecule has 0 aromatic carbocycles. The molecule has 4 nitrogen and oxygen atoms in total. The van der Waals surface area contributed by atoms with Crippen molar-refractivity contribution < 1.29 is 4.52 Å². The van der Waals surface area contributed by atoms with E-state index in [1.807, 2.05) is 19.2 Å². The van der Waals surface area contributed by atoms with Crippen molar-refractivity contribution in [1.82, 2.24) is 10.1 Å². The summed E-state index contributed by atoms with van der Waals surface area (Å²) in [5.41, 5.74) is 7.74. The first kappa shape index (κ1) is 11.3. The smallest absolute Gasteiger partial charge is 0.229 e. The molecule has 0 aliphatic carbocycles. The lowest BCUT2D eigenvalue weighted by molar-refractivity contribution is 0.355. The number of nitrogens with two attached hydrogens (primary N) is 1. The summed E-state index contributed by atoms with van der Waals surface area (Å²) in [7, 11) is 0. The van der Waals surface area contributed by atoms with Crippen LogP contribution in [0.3, 0.4) is 0 Å². The highest BCUT2D eigenvalue weighted by molar-refractivity contribution is 7.08. The minimum Gasteiger partial charge on any atom is -0.339 e. The Morgan fingerprint density at radius 1 is 1.50 bits per heavy atom. The standard InChI is InChI=1S/C11H15N3OS/c1-7(3-4-12)11-13-10(14-15-11)9-6-16-5-8(9)2/h5-7H,3-4,12H2,1-2H3. The number of hydrogen-bond donors (Lipinski definition) is 1. The van der Waals surface area contributed by atoms with Crippen molar-refractivity contribution >= 4 is 11.3 Å². The van der Waals surface area contributed by atoms with Gasteiger partial charge in [0.15, 0.2) is 0 Å². The lowest BCUT2D eigenvalue weighted by Crippen LogP contribution is -2.04. The first-order valence-corrected chi connectivity index (χ1v) is 6.23. The van der Waals surface area contributed by atoms with Gasteiger partial charge in [-0.25, -0.2) is 0 Å². The number of nitrogens with zero attached hydrogens (tertiary/aromatic N) is 2. The Hall–Kier alpha value is -1.20. The lowest BCUT2D eigenvalue weighted by atomic mass is 10.1. The van der Waals surface area contributed by atoms with Crippen LogP contribution in [-0.2, 0) is 0 Å². The summed E-state index contributed by atoms with van der Waals surface area (Å²) >= 11 is 1.65. The summed E-state index contributed by atoms with van der Waals surface area (Å²) in [6, 6.07) is 0. The van der Waals surface area contributed by atoms with Crippen LogP contribution in [0, 0.1) is 6.92 Å². The van der Waals surface area contributed by atoms with Gasteiger partial charge in [-0.2, -0.15) is 16.3 Å². The summed E-state index contributed by atoms with van der Waals surface area (Å²) in [6.45, 7) is 4.73. The number of aryl methyl sites for hydroxylation is 1. The van der Waals surface area contributed by atoms with Crippen LogP contribution in [0.2, 0.25) is 0 Å².